The first-order chi connectivity index (χ1) is 11.5. The van der Waals surface area contributed by atoms with Crippen LogP contribution in [0.5, 0.6) is 5.75 Å². The molecular weight excluding hydrogens is 313 g/mol. The fraction of sp³-hybridized carbons (Fsp3) is 0.222. The van der Waals surface area contributed by atoms with Crippen LogP contribution in [-0.2, 0) is 14.3 Å². The minimum atomic E-state index is -0.868. The Morgan fingerprint density at radius 2 is 1.92 bits per heavy atom. The first-order valence-electron chi connectivity index (χ1n) is 7.40. The third-order valence-corrected chi connectivity index (χ3v) is 3.13. The van der Waals surface area contributed by atoms with Gasteiger partial charge in [-0.25, -0.2) is 9.18 Å². The number of hydrogen-bond donors (Lipinski definition) is 1. The zero-order chi connectivity index (χ0) is 17.5. The Labute approximate surface area is 139 Å². The van der Waals surface area contributed by atoms with Gasteiger partial charge in [0, 0.05) is 0 Å². The first-order valence-corrected chi connectivity index (χ1v) is 7.40. The van der Waals surface area contributed by atoms with E-state index in [0.29, 0.717) is 5.75 Å². The normalized spacial score (nSPS) is 11.5. The number of carbonyl (C=O) groups is 2. The van der Waals surface area contributed by atoms with Crippen molar-refractivity contribution in [3.63, 3.8) is 0 Å². The molecule has 1 atom stereocenters. The van der Waals surface area contributed by atoms with Gasteiger partial charge >= 0.3 is 5.97 Å². The Balaban J connectivity index is 1.81. The lowest BCUT2D eigenvalue weighted by atomic mass is 10.2. The Hall–Kier alpha value is -2.89. The number of hydrogen-bond acceptors (Lipinski definition) is 4. The van der Waals surface area contributed by atoms with Crippen molar-refractivity contribution in [2.45, 2.75) is 20.0 Å². The highest BCUT2D eigenvalue weighted by Gasteiger charge is 2.18. The monoisotopic (exact) mass is 331 g/mol. The van der Waals surface area contributed by atoms with Crippen molar-refractivity contribution in [3.8, 4) is 5.75 Å². The second kappa shape index (κ2) is 8.10. The van der Waals surface area contributed by atoms with Crippen LogP contribution in [0.15, 0.2) is 48.5 Å². The molecular formula is C18H18FNO4. The van der Waals surface area contributed by atoms with Crippen molar-refractivity contribution in [2.75, 3.05) is 11.9 Å². The van der Waals surface area contributed by atoms with Crippen LogP contribution in [0, 0.1) is 12.7 Å². The molecule has 0 radical (unpaired) electrons. The maximum atomic E-state index is 13.4. The molecule has 2 aromatic carbocycles. The fourth-order valence-corrected chi connectivity index (χ4v) is 1.94. The highest BCUT2D eigenvalue weighted by molar-refractivity contribution is 5.93. The molecule has 0 aliphatic carbocycles. The van der Waals surface area contributed by atoms with Gasteiger partial charge in [-0.2, -0.15) is 0 Å². The Kier molecular flexibility index (Phi) is 5.89. The van der Waals surface area contributed by atoms with Crippen LogP contribution >= 0.6 is 0 Å². The van der Waals surface area contributed by atoms with Crippen molar-refractivity contribution in [2.24, 2.45) is 0 Å². The van der Waals surface area contributed by atoms with Crippen molar-refractivity contribution in [3.05, 3.63) is 59.9 Å². The van der Waals surface area contributed by atoms with Gasteiger partial charge in [0.15, 0.2) is 12.7 Å². The van der Waals surface area contributed by atoms with Crippen molar-refractivity contribution >= 4 is 17.6 Å². The molecule has 0 saturated heterocycles. The quantitative estimate of drug-likeness (QED) is 0.826. The third-order valence-electron chi connectivity index (χ3n) is 3.13. The Morgan fingerprint density at radius 1 is 1.17 bits per heavy atom. The molecule has 2 rings (SSSR count). The van der Waals surface area contributed by atoms with Crippen LogP contribution in [0.2, 0.25) is 0 Å². The number of halogens is 1. The number of nitrogens with one attached hydrogen (secondary N) is 1. The number of carbonyl (C=O) groups excluding carboxylic acids is 2. The van der Waals surface area contributed by atoms with E-state index in [2.05, 4.69) is 5.32 Å². The standard InChI is InChI=1S/C18H18FNO4/c1-12-6-5-7-14(10-12)24-13(2)18(22)23-11-17(21)20-16-9-4-3-8-15(16)19/h3-10,13H,11H2,1-2H3,(H,20,21)/t13-/m0/s1. The van der Waals surface area contributed by atoms with Crippen molar-refractivity contribution < 1.29 is 23.5 Å². The molecule has 1 N–H and O–H groups in total. The summed E-state index contributed by atoms with van der Waals surface area (Å²) in [4.78, 5) is 23.6. The SMILES string of the molecule is Cc1cccc(O[C@@H](C)C(=O)OCC(=O)Nc2ccccc2F)c1. The number of amides is 1. The predicted molar refractivity (Wildman–Crippen MR) is 87.3 cm³/mol. The lowest BCUT2D eigenvalue weighted by Crippen LogP contribution is -2.29. The lowest BCUT2D eigenvalue weighted by Gasteiger charge is -2.14. The number of esters is 1. The van der Waals surface area contributed by atoms with Gasteiger partial charge in [-0.05, 0) is 43.7 Å². The van der Waals surface area contributed by atoms with E-state index in [-0.39, 0.29) is 5.69 Å². The average Bonchev–Trinajstić information content (AvgIpc) is 2.54. The predicted octanol–water partition coefficient (Wildman–Crippen LogP) is 3.08. The third kappa shape index (κ3) is 5.08. The summed E-state index contributed by atoms with van der Waals surface area (Å²) in [5, 5.41) is 2.33. The number of ether oxygens (including phenoxy) is 2. The summed E-state index contributed by atoms with van der Waals surface area (Å²) in [5.74, 6) is -1.33. The van der Waals surface area contributed by atoms with E-state index in [1.54, 1.807) is 18.2 Å². The van der Waals surface area contributed by atoms with Gasteiger partial charge in [0.2, 0.25) is 0 Å². The van der Waals surface area contributed by atoms with Gasteiger partial charge in [-0.1, -0.05) is 24.3 Å². The van der Waals surface area contributed by atoms with E-state index in [9.17, 15) is 14.0 Å². The topological polar surface area (TPSA) is 64.6 Å². The van der Waals surface area contributed by atoms with Crippen LogP contribution < -0.4 is 10.1 Å². The molecule has 0 saturated carbocycles. The molecule has 126 valence electrons. The van der Waals surface area contributed by atoms with Crippen LogP contribution in [0.3, 0.4) is 0 Å². The van der Waals surface area contributed by atoms with Crippen molar-refractivity contribution in [1.29, 1.82) is 0 Å². The van der Waals surface area contributed by atoms with Crippen molar-refractivity contribution in [1.82, 2.24) is 0 Å². The summed E-state index contributed by atoms with van der Waals surface area (Å²) in [5.41, 5.74) is 1.03. The summed E-state index contributed by atoms with van der Waals surface area (Å²) in [7, 11) is 0. The molecule has 1 amide bonds. The van der Waals surface area contributed by atoms with E-state index >= 15 is 0 Å². The molecule has 5 nitrogen and oxygen atoms in total. The molecule has 0 aromatic heterocycles. The molecule has 0 aliphatic heterocycles. The zero-order valence-corrected chi connectivity index (χ0v) is 13.4. The lowest BCUT2D eigenvalue weighted by molar-refractivity contribution is -0.153. The molecule has 0 spiro atoms. The minimum Gasteiger partial charge on any atom is -0.479 e. The second-order valence-corrected chi connectivity index (χ2v) is 5.21. The van der Waals surface area contributed by atoms with Crippen LogP contribution in [0.4, 0.5) is 10.1 Å². The van der Waals surface area contributed by atoms with Gasteiger partial charge < -0.3 is 14.8 Å². The van der Waals surface area contributed by atoms with E-state index in [1.807, 2.05) is 19.1 Å². The van der Waals surface area contributed by atoms with Gasteiger partial charge in [0.1, 0.15) is 11.6 Å². The number of benzene rings is 2. The summed E-state index contributed by atoms with van der Waals surface area (Å²) in [6, 6.07) is 13.0. The number of para-hydroxylation sites is 1. The highest BCUT2D eigenvalue weighted by Crippen LogP contribution is 2.15. The zero-order valence-electron chi connectivity index (χ0n) is 13.4. The molecule has 0 unspecified atom stereocenters. The summed E-state index contributed by atoms with van der Waals surface area (Å²) >= 11 is 0. The van der Waals surface area contributed by atoms with Crippen LogP contribution in [0.1, 0.15) is 12.5 Å². The van der Waals surface area contributed by atoms with Gasteiger partial charge in [0.05, 0.1) is 5.69 Å². The van der Waals surface area contributed by atoms with E-state index in [4.69, 9.17) is 9.47 Å². The number of anilines is 1. The first kappa shape index (κ1) is 17.5. The van der Waals surface area contributed by atoms with Gasteiger partial charge in [0.25, 0.3) is 5.91 Å². The fourth-order valence-electron chi connectivity index (χ4n) is 1.94. The van der Waals surface area contributed by atoms with Crippen LogP contribution in [0.25, 0.3) is 0 Å². The maximum absolute atomic E-state index is 13.4. The largest absolute Gasteiger partial charge is 0.479 e. The van der Waals surface area contributed by atoms with Gasteiger partial charge in [-0.3, -0.25) is 4.79 Å². The maximum Gasteiger partial charge on any atom is 0.347 e. The summed E-state index contributed by atoms with van der Waals surface area (Å²) in [6.45, 7) is 2.91. The van der Waals surface area contributed by atoms with E-state index < -0.39 is 30.4 Å². The number of rotatable bonds is 6. The second-order valence-electron chi connectivity index (χ2n) is 5.21. The number of aryl methyl sites for hydroxylation is 1. The highest BCUT2D eigenvalue weighted by atomic mass is 19.1. The summed E-state index contributed by atoms with van der Waals surface area (Å²) in [6.07, 6.45) is -0.868. The Bertz CT molecular complexity index is 732. The van der Waals surface area contributed by atoms with Gasteiger partial charge in [-0.15, -0.1) is 0 Å². The van der Waals surface area contributed by atoms with Crippen LogP contribution in [-0.4, -0.2) is 24.6 Å². The molecule has 0 fully saturated rings. The molecule has 0 bridgehead atoms. The summed E-state index contributed by atoms with van der Waals surface area (Å²) < 4.78 is 23.8. The molecule has 2 aromatic rings. The molecule has 0 aliphatic rings. The Morgan fingerprint density at radius 3 is 2.62 bits per heavy atom. The minimum absolute atomic E-state index is 0.0302. The molecule has 6 heteroatoms. The van der Waals surface area contributed by atoms with E-state index in [1.165, 1.54) is 25.1 Å². The molecule has 24 heavy (non-hydrogen) atoms. The smallest absolute Gasteiger partial charge is 0.347 e. The average molecular weight is 331 g/mol. The van der Waals surface area contributed by atoms with E-state index in [0.717, 1.165) is 5.56 Å². The molecule has 0 heterocycles.